The predicted molar refractivity (Wildman–Crippen MR) is 93.9 cm³/mol. The van der Waals surface area contributed by atoms with Gasteiger partial charge in [-0.05, 0) is 44.0 Å². The monoisotopic (exact) mass is 313 g/mol. The first kappa shape index (κ1) is 15.0. The zero-order valence-corrected chi connectivity index (χ0v) is 14.5. The number of aryl methyl sites for hydroxylation is 1. The Morgan fingerprint density at radius 3 is 2.96 bits per heavy atom. The van der Waals surface area contributed by atoms with Crippen molar-refractivity contribution >= 4 is 10.9 Å². The third kappa shape index (κ3) is 2.64. The van der Waals surface area contributed by atoms with Gasteiger partial charge in [0.1, 0.15) is 5.75 Å². The van der Waals surface area contributed by atoms with Crippen molar-refractivity contribution in [3.8, 4) is 5.75 Å². The molecule has 23 heavy (non-hydrogen) atoms. The normalized spacial score (nSPS) is 25.9. The van der Waals surface area contributed by atoms with Gasteiger partial charge in [0, 0.05) is 56.4 Å². The second kappa shape index (κ2) is 5.84. The van der Waals surface area contributed by atoms with Crippen LogP contribution < -0.4 is 4.74 Å². The first-order valence-electron chi connectivity index (χ1n) is 8.76. The molecule has 2 aromatic rings. The first-order valence-corrected chi connectivity index (χ1v) is 8.76. The molecule has 124 valence electrons. The molecule has 4 nitrogen and oxygen atoms in total. The maximum absolute atomic E-state index is 5.37. The standard InChI is InChI=1S/C19H27N3O/c1-14-10-21-8-4-5-16(21)13-22(14)12-15-11-20(2)19-9-17(23-3)6-7-18(15)19/h6-7,9,11,14,16H,4-5,8,10,12-13H2,1-3H3/t14-,16-/m0/s1. The van der Waals surface area contributed by atoms with Gasteiger partial charge in [0.25, 0.3) is 0 Å². The van der Waals surface area contributed by atoms with Crippen molar-refractivity contribution in [2.75, 3.05) is 26.7 Å². The summed E-state index contributed by atoms with van der Waals surface area (Å²) in [7, 11) is 3.86. The summed E-state index contributed by atoms with van der Waals surface area (Å²) >= 11 is 0. The van der Waals surface area contributed by atoms with Gasteiger partial charge in [-0.25, -0.2) is 0 Å². The summed E-state index contributed by atoms with van der Waals surface area (Å²) < 4.78 is 7.60. The molecular weight excluding hydrogens is 286 g/mol. The Morgan fingerprint density at radius 2 is 2.13 bits per heavy atom. The molecule has 0 aliphatic carbocycles. The van der Waals surface area contributed by atoms with Crippen LogP contribution >= 0.6 is 0 Å². The molecule has 2 atom stereocenters. The van der Waals surface area contributed by atoms with Crippen molar-refractivity contribution in [2.24, 2.45) is 7.05 Å². The van der Waals surface area contributed by atoms with E-state index in [-0.39, 0.29) is 0 Å². The van der Waals surface area contributed by atoms with Crippen LogP contribution in [0.5, 0.6) is 5.75 Å². The summed E-state index contributed by atoms with van der Waals surface area (Å²) in [5.41, 5.74) is 2.69. The predicted octanol–water partition coefficient (Wildman–Crippen LogP) is 2.86. The number of rotatable bonds is 3. The number of aromatic nitrogens is 1. The SMILES string of the molecule is COc1ccc2c(CN3C[C@@H]4CCCN4C[C@@H]3C)cn(C)c2c1. The van der Waals surface area contributed by atoms with Crippen LogP contribution in [0.25, 0.3) is 10.9 Å². The Kier molecular flexibility index (Phi) is 3.82. The van der Waals surface area contributed by atoms with Crippen molar-refractivity contribution in [1.29, 1.82) is 0 Å². The average molecular weight is 313 g/mol. The van der Waals surface area contributed by atoms with E-state index in [9.17, 15) is 0 Å². The lowest BCUT2D eigenvalue weighted by atomic mass is 10.1. The fourth-order valence-electron chi connectivity index (χ4n) is 4.39. The van der Waals surface area contributed by atoms with E-state index in [1.54, 1.807) is 7.11 Å². The number of methoxy groups -OCH3 is 1. The molecular formula is C19H27N3O. The highest BCUT2D eigenvalue weighted by molar-refractivity contribution is 5.85. The Hall–Kier alpha value is -1.52. The highest BCUT2D eigenvalue weighted by Crippen LogP contribution is 2.29. The number of fused-ring (bicyclic) bond motifs is 2. The Labute approximate surface area is 138 Å². The first-order chi connectivity index (χ1) is 11.2. The smallest absolute Gasteiger partial charge is 0.120 e. The fourth-order valence-corrected chi connectivity index (χ4v) is 4.39. The van der Waals surface area contributed by atoms with Crippen molar-refractivity contribution in [3.05, 3.63) is 30.0 Å². The lowest BCUT2D eigenvalue weighted by Gasteiger charge is -2.42. The number of hydrogen-bond donors (Lipinski definition) is 0. The average Bonchev–Trinajstić information content (AvgIpc) is 3.12. The van der Waals surface area contributed by atoms with Crippen LogP contribution in [0.15, 0.2) is 24.4 Å². The highest BCUT2D eigenvalue weighted by Gasteiger charge is 2.34. The van der Waals surface area contributed by atoms with E-state index < -0.39 is 0 Å². The van der Waals surface area contributed by atoms with Crippen molar-refractivity contribution in [2.45, 2.75) is 38.4 Å². The molecule has 0 radical (unpaired) electrons. The van der Waals surface area contributed by atoms with E-state index in [0.29, 0.717) is 6.04 Å². The molecule has 2 aliphatic heterocycles. The van der Waals surface area contributed by atoms with Gasteiger partial charge in [-0.1, -0.05) is 0 Å². The van der Waals surface area contributed by atoms with E-state index in [1.165, 1.54) is 48.9 Å². The number of ether oxygens (including phenoxy) is 1. The Bertz CT molecular complexity index is 708. The van der Waals surface area contributed by atoms with E-state index >= 15 is 0 Å². The molecule has 0 unspecified atom stereocenters. The molecule has 2 aliphatic rings. The largest absolute Gasteiger partial charge is 0.497 e. The van der Waals surface area contributed by atoms with Crippen molar-refractivity contribution in [3.63, 3.8) is 0 Å². The van der Waals surface area contributed by atoms with Crippen LogP contribution in [0, 0.1) is 0 Å². The molecule has 4 heteroatoms. The van der Waals surface area contributed by atoms with Crippen molar-refractivity contribution in [1.82, 2.24) is 14.4 Å². The van der Waals surface area contributed by atoms with Crippen LogP contribution in [0.4, 0.5) is 0 Å². The minimum absolute atomic E-state index is 0.637. The molecule has 1 aromatic carbocycles. The van der Waals surface area contributed by atoms with Gasteiger partial charge >= 0.3 is 0 Å². The van der Waals surface area contributed by atoms with Gasteiger partial charge in [-0.15, -0.1) is 0 Å². The number of benzene rings is 1. The third-order valence-electron chi connectivity index (χ3n) is 5.72. The number of hydrogen-bond acceptors (Lipinski definition) is 3. The van der Waals surface area contributed by atoms with Gasteiger partial charge in [0.2, 0.25) is 0 Å². The summed E-state index contributed by atoms with van der Waals surface area (Å²) in [5.74, 6) is 0.929. The van der Waals surface area contributed by atoms with E-state index in [2.05, 4.69) is 52.7 Å². The zero-order chi connectivity index (χ0) is 16.0. The molecule has 4 rings (SSSR count). The van der Waals surface area contributed by atoms with Gasteiger partial charge in [0.15, 0.2) is 0 Å². The minimum Gasteiger partial charge on any atom is -0.497 e. The molecule has 1 aromatic heterocycles. The van der Waals surface area contributed by atoms with Crippen LogP contribution in [-0.4, -0.2) is 53.2 Å². The molecule has 2 fully saturated rings. The van der Waals surface area contributed by atoms with Gasteiger partial charge in [-0.3, -0.25) is 9.80 Å². The maximum atomic E-state index is 5.37. The van der Waals surface area contributed by atoms with E-state index in [0.717, 1.165) is 18.3 Å². The number of piperazine rings is 1. The second-order valence-corrected chi connectivity index (χ2v) is 7.22. The Balaban J connectivity index is 1.60. The van der Waals surface area contributed by atoms with Crippen LogP contribution in [0.3, 0.4) is 0 Å². The quantitative estimate of drug-likeness (QED) is 0.869. The molecule has 0 saturated carbocycles. The zero-order valence-electron chi connectivity index (χ0n) is 14.5. The number of nitrogens with zero attached hydrogens (tertiary/aromatic N) is 3. The fraction of sp³-hybridized carbons (Fsp3) is 0.579. The summed E-state index contributed by atoms with van der Waals surface area (Å²) in [6.07, 6.45) is 5.03. The second-order valence-electron chi connectivity index (χ2n) is 7.22. The Morgan fingerprint density at radius 1 is 1.26 bits per heavy atom. The molecule has 0 amide bonds. The van der Waals surface area contributed by atoms with Crippen molar-refractivity contribution < 1.29 is 4.74 Å². The summed E-state index contributed by atoms with van der Waals surface area (Å²) in [6.45, 7) is 7.17. The maximum Gasteiger partial charge on any atom is 0.120 e. The summed E-state index contributed by atoms with van der Waals surface area (Å²) in [5, 5.41) is 1.36. The molecule has 0 N–H and O–H groups in total. The van der Waals surface area contributed by atoms with Crippen LogP contribution in [-0.2, 0) is 13.6 Å². The van der Waals surface area contributed by atoms with Crippen LogP contribution in [0.1, 0.15) is 25.3 Å². The minimum atomic E-state index is 0.637. The molecule has 3 heterocycles. The summed E-state index contributed by atoms with van der Waals surface area (Å²) in [4.78, 5) is 5.36. The van der Waals surface area contributed by atoms with E-state index in [1.807, 2.05) is 0 Å². The van der Waals surface area contributed by atoms with E-state index in [4.69, 9.17) is 4.74 Å². The van der Waals surface area contributed by atoms with Gasteiger partial charge in [-0.2, -0.15) is 0 Å². The highest BCUT2D eigenvalue weighted by atomic mass is 16.5. The lowest BCUT2D eigenvalue weighted by Crippen LogP contribution is -2.54. The third-order valence-corrected chi connectivity index (χ3v) is 5.72. The van der Waals surface area contributed by atoms with Crippen LogP contribution in [0.2, 0.25) is 0 Å². The lowest BCUT2D eigenvalue weighted by molar-refractivity contribution is 0.0543. The molecule has 0 spiro atoms. The van der Waals surface area contributed by atoms with Gasteiger partial charge in [0.05, 0.1) is 12.6 Å². The van der Waals surface area contributed by atoms with Gasteiger partial charge < -0.3 is 9.30 Å². The molecule has 2 saturated heterocycles. The molecule has 0 bridgehead atoms. The topological polar surface area (TPSA) is 20.6 Å². The summed E-state index contributed by atoms with van der Waals surface area (Å²) in [6, 6.07) is 7.83.